The average molecular weight is 526 g/mol. The summed E-state index contributed by atoms with van der Waals surface area (Å²) in [5, 5.41) is 7.07. The summed E-state index contributed by atoms with van der Waals surface area (Å²) >= 11 is 5.87. The average Bonchev–Trinajstić information content (AvgIpc) is 2.65. The van der Waals surface area contributed by atoms with Crippen LogP contribution >= 0.6 is 35.6 Å². The SMILES string of the molecule is CN=C(NCCc1ccc(OC)c(OC(F)F)c1)NCc1ccc(Cl)cc1.I. The standard InChI is InChI=1S/C19H22ClF2N3O2.HI/c1-23-19(25-12-14-3-6-15(20)7-4-14)24-10-9-13-5-8-16(26-2)17(11-13)27-18(21)22;/h3-8,11,18H,9-10,12H2,1-2H3,(H2,23,24,25);1H. The van der Waals surface area contributed by atoms with Gasteiger partial charge in [0, 0.05) is 25.2 Å². The molecule has 0 atom stereocenters. The van der Waals surface area contributed by atoms with Gasteiger partial charge in [0.1, 0.15) is 0 Å². The molecule has 0 unspecified atom stereocenters. The van der Waals surface area contributed by atoms with E-state index in [1.54, 1.807) is 19.2 Å². The monoisotopic (exact) mass is 525 g/mol. The van der Waals surface area contributed by atoms with E-state index < -0.39 is 6.61 Å². The van der Waals surface area contributed by atoms with Crippen molar-refractivity contribution in [1.29, 1.82) is 0 Å². The van der Waals surface area contributed by atoms with Crippen molar-refractivity contribution in [2.75, 3.05) is 20.7 Å². The zero-order chi connectivity index (χ0) is 19.6. The quantitative estimate of drug-likeness (QED) is 0.303. The lowest BCUT2D eigenvalue weighted by atomic mass is 10.1. The van der Waals surface area contributed by atoms with Crippen molar-refractivity contribution in [3.05, 3.63) is 58.6 Å². The summed E-state index contributed by atoms with van der Waals surface area (Å²) in [5.41, 5.74) is 1.92. The van der Waals surface area contributed by atoms with Gasteiger partial charge < -0.3 is 20.1 Å². The maximum atomic E-state index is 12.5. The molecular weight excluding hydrogens is 503 g/mol. The van der Waals surface area contributed by atoms with Crippen molar-refractivity contribution in [2.45, 2.75) is 19.6 Å². The van der Waals surface area contributed by atoms with Gasteiger partial charge in [-0.25, -0.2) is 0 Å². The van der Waals surface area contributed by atoms with Gasteiger partial charge in [-0.15, -0.1) is 24.0 Å². The second-order valence-corrected chi connectivity index (χ2v) is 6.03. The molecule has 0 heterocycles. The van der Waals surface area contributed by atoms with E-state index in [-0.39, 0.29) is 35.5 Å². The molecule has 2 rings (SSSR count). The van der Waals surface area contributed by atoms with Crippen molar-refractivity contribution >= 4 is 41.5 Å². The maximum Gasteiger partial charge on any atom is 0.387 e. The number of guanidine groups is 1. The third-order valence-corrected chi connectivity index (χ3v) is 4.00. The van der Waals surface area contributed by atoms with Crippen LogP contribution in [0.4, 0.5) is 8.78 Å². The van der Waals surface area contributed by atoms with E-state index in [4.69, 9.17) is 16.3 Å². The van der Waals surface area contributed by atoms with Crippen LogP contribution in [0.25, 0.3) is 0 Å². The minimum Gasteiger partial charge on any atom is -0.493 e. The molecule has 154 valence electrons. The van der Waals surface area contributed by atoms with Crippen molar-refractivity contribution < 1.29 is 18.3 Å². The predicted octanol–water partition coefficient (Wildman–Crippen LogP) is 4.48. The number of rotatable bonds is 8. The van der Waals surface area contributed by atoms with Crippen molar-refractivity contribution in [3.63, 3.8) is 0 Å². The zero-order valence-corrected chi connectivity index (χ0v) is 18.6. The Morgan fingerprint density at radius 1 is 1.07 bits per heavy atom. The predicted molar refractivity (Wildman–Crippen MR) is 118 cm³/mol. The van der Waals surface area contributed by atoms with Gasteiger partial charge >= 0.3 is 6.61 Å². The molecule has 2 aromatic carbocycles. The second-order valence-electron chi connectivity index (χ2n) is 5.59. The van der Waals surface area contributed by atoms with Crippen LogP contribution in [-0.2, 0) is 13.0 Å². The highest BCUT2D eigenvalue weighted by molar-refractivity contribution is 14.0. The third kappa shape index (κ3) is 8.05. The topological polar surface area (TPSA) is 54.9 Å². The van der Waals surface area contributed by atoms with Crippen molar-refractivity contribution in [1.82, 2.24) is 10.6 Å². The molecule has 0 aromatic heterocycles. The van der Waals surface area contributed by atoms with Crippen LogP contribution in [0, 0.1) is 0 Å². The molecule has 2 N–H and O–H groups in total. The van der Waals surface area contributed by atoms with Crippen LogP contribution in [0.3, 0.4) is 0 Å². The Morgan fingerprint density at radius 2 is 1.75 bits per heavy atom. The number of halogens is 4. The first kappa shape index (κ1) is 24.2. The van der Waals surface area contributed by atoms with Crippen LogP contribution in [0.1, 0.15) is 11.1 Å². The summed E-state index contributed by atoms with van der Waals surface area (Å²) in [6.45, 7) is -1.73. The number of hydrogen-bond acceptors (Lipinski definition) is 3. The van der Waals surface area contributed by atoms with E-state index in [1.807, 2.05) is 30.3 Å². The van der Waals surface area contributed by atoms with Crippen molar-refractivity contribution in [2.24, 2.45) is 4.99 Å². The summed E-state index contributed by atoms with van der Waals surface area (Å²) in [7, 11) is 3.09. The first-order valence-corrected chi connectivity index (χ1v) is 8.70. The fraction of sp³-hybridized carbons (Fsp3) is 0.316. The van der Waals surface area contributed by atoms with Gasteiger partial charge in [-0.2, -0.15) is 8.78 Å². The van der Waals surface area contributed by atoms with Crippen LogP contribution in [0.15, 0.2) is 47.5 Å². The van der Waals surface area contributed by atoms with Gasteiger partial charge in [-0.3, -0.25) is 4.99 Å². The number of benzene rings is 2. The highest BCUT2D eigenvalue weighted by Crippen LogP contribution is 2.29. The number of nitrogens with zero attached hydrogens (tertiary/aromatic N) is 1. The fourth-order valence-electron chi connectivity index (χ4n) is 2.40. The molecule has 0 amide bonds. The molecule has 28 heavy (non-hydrogen) atoms. The molecule has 9 heteroatoms. The molecule has 0 spiro atoms. The van der Waals surface area contributed by atoms with Crippen LogP contribution in [0.5, 0.6) is 11.5 Å². The fourth-order valence-corrected chi connectivity index (χ4v) is 2.52. The van der Waals surface area contributed by atoms with E-state index in [0.717, 1.165) is 11.1 Å². The molecular formula is C19H23ClF2IN3O2. The molecule has 0 bridgehead atoms. The lowest BCUT2D eigenvalue weighted by molar-refractivity contribution is -0.0512. The number of aliphatic imine (C=N–C) groups is 1. The van der Waals surface area contributed by atoms with Gasteiger partial charge in [0.15, 0.2) is 17.5 Å². The molecule has 0 radical (unpaired) electrons. The van der Waals surface area contributed by atoms with Gasteiger partial charge in [0.05, 0.1) is 7.11 Å². The van der Waals surface area contributed by atoms with E-state index >= 15 is 0 Å². The van der Waals surface area contributed by atoms with E-state index in [0.29, 0.717) is 30.5 Å². The van der Waals surface area contributed by atoms with E-state index in [2.05, 4.69) is 20.4 Å². The summed E-state index contributed by atoms with van der Waals surface area (Å²) in [4.78, 5) is 4.16. The van der Waals surface area contributed by atoms with Gasteiger partial charge in [-0.05, 0) is 41.8 Å². The summed E-state index contributed by atoms with van der Waals surface area (Å²) in [6, 6.07) is 12.5. The number of ether oxygens (including phenoxy) is 2. The first-order chi connectivity index (χ1) is 13.0. The van der Waals surface area contributed by atoms with Crippen LogP contribution in [0.2, 0.25) is 5.02 Å². The van der Waals surface area contributed by atoms with Gasteiger partial charge in [-0.1, -0.05) is 29.8 Å². The zero-order valence-electron chi connectivity index (χ0n) is 15.5. The number of hydrogen-bond donors (Lipinski definition) is 2. The Bertz CT molecular complexity index is 761. The molecule has 0 fully saturated rings. The minimum absolute atomic E-state index is 0. The Hall–Kier alpha value is -1.81. The highest BCUT2D eigenvalue weighted by Gasteiger charge is 2.11. The second kappa shape index (κ2) is 12.6. The van der Waals surface area contributed by atoms with Crippen LogP contribution < -0.4 is 20.1 Å². The molecule has 0 aliphatic rings. The smallest absolute Gasteiger partial charge is 0.387 e. The number of alkyl halides is 2. The van der Waals surface area contributed by atoms with Gasteiger partial charge in [0.25, 0.3) is 0 Å². The lowest BCUT2D eigenvalue weighted by Crippen LogP contribution is -2.37. The van der Waals surface area contributed by atoms with Gasteiger partial charge in [0.2, 0.25) is 0 Å². The molecule has 0 saturated heterocycles. The molecule has 0 saturated carbocycles. The van der Waals surface area contributed by atoms with E-state index in [9.17, 15) is 8.78 Å². The Morgan fingerprint density at radius 3 is 2.36 bits per heavy atom. The minimum atomic E-state index is -2.90. The first-order valence-electron chi connectivity index (χ1n) is 8.32. The summed E-state index contributed by atoms with van der Waals surface area (Å²) in [6.07, 6.45) is 0.602. The summed E-state index contributed by atoms with van der Waals surface area (Å²) < 4.78 is 34.5. The van der Waals surface area contributed by atoms with E-state index in [1.165, 1.54) is 7.11 Å². The van der Waals surface area contributed by atoms with Crippen LogP contribution in [-0.4, -0.2) is 33.3 Å². The Kier molecular flexibility index (Phi) is 10.9. The Labute approximate surface area is 185 Å². The number of methoxy groups -OCH3 is 1. The summed E-state index contributed by atoms with van der Waals surface area (Å²) in [5.74, 6) is 0.935. The maximum absolute atomic E-state index is 12.5. The molecule has 2 aromatic rings. The molecule has 5 nitrogen and oxygen atoms in total. The number of nitrogens with one attached hydrogen (secondary N) is 2. The lowest BCUT2D eigenvalue weighted by Gasteiger charge is -2.14. The third-order valence-electron chi connectivity index (χ3n) is 3.75. The molecule has 0 aliphatic carbocycles. The largest absolute Gasteiger partial charge is 0.493 e. The normalized spacial score (nSPS) is 11.0. The Balaban J connectivity index is 0.00000392. The highest BCUT2D eigenvalue weighted by atomic mass is 127. The van der Waals surface area contributed by atoms with Crippen molar-refractivity contribution in [3.8, 4) is 11.5 Å². The molecule has 0 aliphatic heterocycles.